The smallest absolute Gasteiger partial charge is 0.263 e. The predicted octanol–water partition coefficient (Wildman–Crippen LogP) is 3.69. The molecule has 0 saturated carbocycles. The Morgan fingerprint density at radius 3 is 2.33 bits per heavy atom. The third-order valence-electron chi connectivity index (χ3n) is 2.82. The summed E-state index contributed by atoms with van der Waals surface area (Å²) < 4.78 is 0. The molecule has 0 aromatic heterocycles. The maximum Gasteiger partial charge on any atom is 0.263 e. The lowest BCUT2D eigenvalue weighted by Crippen LogP contribution is -2.02. The van der Waals surface area contributed by atoms with E-state index in [1.165, 1.54) is 12.3 Å². The normalized spacial score (nSPS) is 11.0. The van der Waals surface area contributed by atoms with Crippen molar-refractivity contribution < 1.29 is 10.0 Å². The second kappa shape index (κ2) is 5.93. The molecule has 0 aliphatic rings. The zero-order valence-corrected chi connectivity index (χ0v) is 12.2. The Balaban J connectivity index is 2.43. The van der Waals surface area contributed by atoms with Crippen molar-refractivity contribution in [1.29, 1.82) is 0 Å². The van der Waals surface area contributed by atoms with Gasteiger partial charge in [-0.2, -0.15) is 0 Å². The van der Waals surface area contributed by atoms with Crippen LogP contribution in [0.3, 0.4) is 0 Å². The summed E-state index contributed by atoms with van der Waals surface area (Å²) in [7, 11) is 0. The summed E-state index contributed by atoms with van der Waals surface area (Å²) in [4.78, 5) is 14.2. The van der Waals surface area contributed by atoms with E-state index in [2.05, 4.69) is 4.99 Å². The van der Waals surface area contributed by atoms with Gasteiger partial charge in [-0.1, -0.05) is 17.7 Å². The van der Waals surface area contributed by atoms with Crippen LogP contribution in [0.1, 0.15) is 16.7 Å². The van der Waals surface area contributed by atoms with Gasteiger partial charge in [0.2, 0.25) is 0 Å². The summed E-state index contributed by atoms with van der Waals surface area (Å²) in [5.41, 5.74) is 2.30. The molecule has 0 fully saturated rings. The number of hydrogen-bond donors (Lipinski definition) is 0. The summed E-state index contributed by atoms with van der Waals surface area (Å²) in [6.07, 6.45) is 1.30. The Morgan fingerprint density at radius 1 is 1.14 bits per heavy atom. The van der Waals surface area contributed by atoms with Crippen LogP contribution in [0.5, 0.6) is 5.75 Å². The highest BCUT2D eigenvalue weighted by molar-refractivity contribution is 6.31. The second-order valence-corrected chi connectivity index (χ2v) is 5.14. The second-order valence-electron chi connectivity index (χ2n) is 4.70. The van der Waals surface area contributed by atoms with E-state index in [-0.39, 0.29) is 10.6 Å². The van der Waals surface area contributed by atoms with E-state index in [0.29, 0.717) is 5.69 Å². The van der Waals surface area contributed by atoms with E-state index >= 15 is 0 Å². The van der Waals surface area contributed by atoms with Gasteiger partial charge in [0.05, 0.1) is 10.6 Å². The first-order chi connectivity index (χ1) is 9.86. The van der Waals surface area contributed by atoms with Gasteiger partial charge in [0.15, 0.2) is 0 Å². The van der Waals surface area contributed by atoms with Crippen molar-refractivity contribution in [1.82, 2.24) is 0 Å². The van der Waals surface area contributed by atoms with Crippen molar-refractivity contribution in [3.63, 3.8) is 0 Å². The molecule has 6 heteroatoms. The summed E-state index contributed by atoms with van der Waals surface area (Å²) in [6.45, 7) is 3.88. The molecule has 0 amide bonds. The standard InChI is InChI=1S/C15H13ClN2O3/c1-9-3-10(2)5-13(4-9)17-8-11-6-12(16)7-14(15(11)19)18(20)21/h3-8,19H,1-2H3/p-1. The van der Waals surface area contributed by atoms with E-state index in [1.807, 2.05) is 32.0 Å². The van der Waals surface area contributed by atoms with Crippen LogP contribution in [0.4, 0.5) is 11.4 Å². The lowest BCUT2D eigenvalue weighted by Gasteiger charge is -2.10. The molecule has 0 aliphatic heterocycles. The molecule has 5 nitrogen and oxygen atoms in total. The maximum atomic E-state index is 11.9. The Labute approximate surface area is 126 Å². The van der Waals surface area contributed by atoms with Crippen molar-refractivity contribution in [3.05, 3.63) is 62.2 Å². The fourth-order valence-electron chi connectivity index (χ4n) is 2.00. The van der Waals surface area contributed by atoms with Gasteiger partial charge in [0.1, 0.15) is 0 Å². The molecule has 2 aromatic carbocycles. The number of nitrogens with zero attached hydrogens (tertiary/aromatic N) is 2. The Kier molecular flexibility index (Phi) is 4.23. The lowest BCUT2D eigenvalue weighted by molar-refractivity contribution is -0.398. The number of halogens is 1. The minimum Gasteiger partial charge on any atom is -0.867 e. The zero-order valence-electron chi connectivity index (χ0n) is 11.5. The first kappa shape index (κ1) is 15.0. The number of nitro benzene ring substituents is 1. The average molecular weight is 304 g/mol. The van der Waals surface area contributed by atoms with Crippen molar-refractivity contribution in [3.8, 4) is 5.75 Å². The number of benzene rings is 2. The van der Waals surface area contributed by atoms with E-state index in [9.17, 15) is 15.2 Å². The number of aliphatic imine (C=N–C) groups is 1. The molecule has 0 aliphatic carbocycles. The average Bonchev–Trinajstić information content (AvgIpc) is 2.38. The van der Waals surface area contributed by atoms with Crippen molar-refractivity contribution in [2.24, 2.45) is 4.99 Å². The molecule has 2 aromatic rings. The maximum absolute atomic E-state index is 11.9. The highest BCUT2D eigenvalue weighted by Crippen LogP contribution is 2.30. The Hall–Kier alpha value is -2.40. The number of rotatable bonds is 3. The fourth-order valence-corrected chi connectivity index (χ4v) is 2.22. The molecular formula is C15H12ClN2O3-. The van der Waals surface area contributed by atoms with E-state index in [0.717, 1.165) is 17.2 Å². The van der Waals surface area contributed by atoms with Gasteiger partial charge in [-0.15, -0.1) is 0 Å². The number of hydrogen-bond acceptors (Lipinski definition) is 4. The molecule has 0 saturated heterocycles. The van der Waals surface area contributed by atoms with E-state index in [4.69, 9.17) is 11.6 Å². The molecule has 21 heavy (non-hydrogen) atoms. The monoisotopic (exact) mass is 303 g/mol. The van der Waals surface area contributed by atoms with Crippen LogP contribution < -0.4 is 5.11 Å². The molecular weight excluding hydrogens is 292 g/mol. The van der Waals surface area contributed by atoms with Gasteiger partial charge < -0.3 is 5.11 Å². The predicted molar refractivity (Wildman–Crippen MR) is 80.7 cm³/mol. The fraction of sp³-hybridized carbons (Fsp3) is 0.133. The van der Waals surface area contributed by atoms with Gasteiger partial charge in [-0.25, -0.2) is 0 Å². The largest absolute Gasteiger partial charge is 0.867 e. The van der Waals surface area contributed by atoms with Gasteiger partial charge in [0, 0.05) is 17.3 Å². The van der Waals surface area contributed by atoms with Crippen molar-refractivity contribution in [2.75, 3.05) is 0 Å². The first-order valence-corrected chi connectivity index (χ1v) is 6.52. The van der Waals surface area contributed by atoms with Crippen LogP contribution in [0.25, 0.3) is 0 Å². The molecule has 2 rings (SSSR count). The SMILES string of the molecule is Cc1cc(C)cc(N=Cc2cc(Cl)cc([N+](=O)[O-])c2[O-])c1. The van der Waals surface area contributed by atoms with Crippen LogP contribution in [0.2, 0.25) is 5.02 Å². The molecule has 0 heterocycles. The molecule has 0 radical (unpaired) electrons. The summed E-state index contributed by atoms with van der Waals surface area (Å²) in [5.74, 6) is -0.697. The van der Waals surface area contributed by atoms with Crippen LogP contribution >= 0.6 is 11.6 Å². The topological polar surface area (TPSA) is 78.6 Å². The van der Waals surface area contributed by atoms with Crippen molar-refractivity contribution in [2.45, 2.75) is 13.8 Å². The molecule has 0 unspecified atom stereocenters. The number of aryl methyl sites for hydroxylation is 2. The van der Waals surface area contributed by atoms with Gasteiger partial charge in [-0.05, 0) is 54.5 Å². The van der Waals surface area contributed by atoms with Gasteiger partial charge in [-0.3, -0.25) is 15.1 Å². The Morgan fingerprint density at radius 2 is 1.76 bits per heavy atom. The first-order valence-electron chi connectivity index (χ1n) is 6.14. The van der Waals surface area contributed by atoms with Crippen LogP contribution in [0, 0.1) is 24.0 Å². The van der Waals surface area contributed by atoms with Crippen LogP contribution in [0.15, 0.2) is 35.3 Å². The zero-order chi connectivity index (χ0) is 15.6. The third-order valence-corrected chi connectivity index (χ3v) is 3.04. The van der Waals surface area contributed by atoms with E-state index in [1.54, 1.807) is 0 Å². The lowest BCUT2D eigenvalue weighted by atomic mass is 10.1. The molecule has 0 N–H and O–H groups in total. The Bertz CT molecular complexity index is 722. The summed E-state index contributed by atoms with van der Waals surface area (Å²) >= 11 is 5.79. The van der Waals surface area contributed by atoms with Crippen LogP contribution in [-0.4, -0.2) is 11.1 Å². The quantitative estimate of drug-likeness (QED) is 0.493. The highest BCUT2D eigenvalue weighted by Gasteiger charge is 2.11. The summed E-state index contributed by atoms with van der Waals surface area (Å²) in [6, 6.07) is 8.11. The van der Waals surface area contributed by atoms with E-state index < -0.39 is 16.4 Å². The van der Waals surface area contributed by atoms with Gasteiger partial charge in [0.25, 0.3) is 5.69 Å². The molecule has 0 bridgehead atoms. The minimum absolute atomic E-state index is 0.0911. The van der Waals surface area contributed by atoms with Crippen molar-refractivity contribution >= 4 is 29.2 Å². The highest BCUT2D eigenvalue weighted by atomic mass is 35.5. The van der Waals surface area contributed by atoms with Crippen LogP contribution in [-0.2, 0) is 0 Å². The molecule has 108 valence electrons. The third kappa shape index (κ3) is 3.58. The minimum atomic E-state index is -0.748. The molecule has 0 atom stereocenters. The molecule has 0 spiro atoms. The number of nitro groups is 1. The van der Waals surface area contributed by atoms with Gasteiger partial charge >= 0.3 is 0 Å². The summed E-state index contributed by atoms with van der Waals surface area (Å²) in [5, 5.41) is 22.8.